The summed E-state index contributed by atoms with van der Waals surface area (Å²) < 4.78 is 42.1. The van der Waals surface area contributed by atoms with E-state index in [0.29, 0.717) is 10.2 Å². The second-order valence-electron chi connectivity index (χ2n) is 6.77. The normalized spacial score (nSPS) is 11.3. The molecule has 0 aromatic heterocycles. The van der Waals surface area contributed by atoms with E-state index in [2.05, 4.69) is 26.5 Å². The van der Waals surface area contributed by atoms with Gasteiger partial charge in [-0.05, 0) is 49.4 Å². The Hall–Kier alpha value is -3.37. The number of para-hydroxylation sites is 1. The van der Waals surface area contributed by atoms with Crippen molar-refractivity contribution in [1.82, 2.24) is 5.43 Å². The van der Waals surface area contributed by atoms with Crippen molar-refractivity contribution in [2.24, 2.45) is 5.10 Å². The van der Waals surface area contributed by atoms with Gasteiger partial charge < -0.3 is 13.7 Å². The zero-order valence-electron chi connectivity index (χ0n) is 18.0. The second-order valence-corrected chi connectivity index (χ2v) is 9.23. The van der Waals surface area contributed by atoms with Crippen LogP contribution in [0.5, 0.6) is 17.2 Å². The minimum Gasteiger partial charge on any atom is -0.496 e. The summed E-state index contributed by atoms with van der Waals surface area (Å²) >= 11 is 3.31. The van der Waals surface area contributed by atoms with Crippen LogP contribution in [0.1, 0.15) is 21.5 Å². The Kier molecular flexibility index (Phi) is 7.72. The molecule has 3 aromatic rings. The number of halogens is 1. The van der Waals surface area contributed by atoms with E-state index >= 15 is 0 Å². The van der Waals surface area contributed by atoms with Crippen molar-refractivity contribution in [3.8, 4) is 17.2 Å². The van der Waals surface area contributed by atoms with Crippen LogP contribution in [0, 0.1) is 6.92 Å². The zero-order valence-corrected chi connectivity index (χ0v) is 20.4. The molecule has 0 spiro atoms. The molecule has 0 atom stereocenters. The number of carbonyl (C=O) groups excluding carboxylic acids is 1. The van der Waals surface area contributed by atoms with Crippen LogP contribution in [0.25, 0.3) is 0 Å². The van der Waals surface area contributed by atoms with Crippen molar-refractivity contribution in [2.45, 2.75) is 11.8 Å². The molecule has 0 heterocycles. The maximum atomic E-state index is 12.8. The van der Waals surface area contributed by atoms with Gasteiger partial charge in [-0.3, -0.25) is 4.79 Å². The van der Waals surface area contributed by atoms with Crippen molar-refractivity contribution in [1.29, 1.82) is 0 Å². The van der Waals surface area contributed by atoms with E-state index in [4.69, 9.17) is 13.7 Å². The predicted molar refractivity (Wildman–Crippen MR) is 128 cm³/mol. The number of methoxy groups -OCH3 is 2. The monoisotopic (exact) mass is 532 g/mol. The first-order chi connectivity index (χ1) is 15.7. The lowest BCUT2D eigenvalue weighted by Gasteiger charge is -2.13. The number of nitrogens with zero attached hydrogens (tertiary/aromatic N) is 1. The van der Waals surface area contributed by atoms with Crippen LogP contribution in [-0.4, -0.2) is 34.8 Å². The standard InChI is InChI=1S/C23H21BrN2O6S/c1-15-7-10-18(11-8-15)33(28,29)32-22-16(5-4-6-21(22)31-3)14-25-26-23(27)19-13-17(24)9-12-20(19)30-2/h4-14H,1-3H3,(H,26,27)/b25-14-. The largest absolute Gasteiger partial charge is 0.496 e. The van der Waals surface area contributed by atoms with Crippen LogP contribution in [0.4, 0.5) is 0 Å². The quantitative estimate of drug-likeness (QED) is 0.263. The van der Waals surface area contributed by atoms with Crippen LogP contribution in [-0.2, 0) is 10.1 Å². The molecular formula is C23H21BrN2O6S. The zero-order chi connectivity index (χ0) is 24.0. The Labute approximate surface area is 200 Å². The van der Waals surface area contributed by atoms with Crippen LogP contribution in [0.15, 0.2) is 75.1 Å². The van der Waals surface area contributed by atoms with Gasteiger partial charge in [-0.15, -0.1) is 0 Å². The van der Waals surface area contributed by atoms with E-state index in [0.717, 1.165) is 5.56 Å². The second kappa shape index (κ2) is 10.5. The molecule has 10 heteroatoms. The highest BCUT2D eigenvalue weighted by molar-refractivity contribution is 9.10. The van der Waals surface area contributed by atoms with Crippen LogP contribution < -0.4 is 19.1 Å². The molecule has 8 nitrogen and oxygen atoms in total. The van der Waals surface area contributed by atoms with E-state index in [9.17, 15) is 13.2 Å². The van der Waals surface area contributed by atoms with Crippen molar-refractivity contribution >= 4 is 38.2 Å². The van der Waals surface area contributed by atoms with E-state index in [1.165, 1.54) is 32.6 Å². The summed E-state index contributed by atoms with van der Waals surface area (Å²) in [6, 6.07) is 16.0. The number of ether oxygens (including phenoxy) is 2. The van der Waals surface area contributed by atoms with Crippen LogP contribution in [0.2, 0.25) is 0 Å². The van der Waals surface area contributed by atoms with Crippen molar-refractivity contribution < 1.29 is 26.9 Å². The Balaban J connectivity index is 1.87. The summed E-state index contributed by atoms with van der Waals surface area (Å²) in [5.74, 6) is -0.00392. The molecule has 0 bridgehead atoms. The molecule has 0 aliphatic carbocycles. The summed E-state index contributed by atoms with van der Waals surface area (Å²) in [5.41, 5.74) is 3.87. The fourth-order valence-corrected chi connectivity index (χ4v) is 4.15. The summed E-state index contributed by atoms with van der Waals surface area (Å²) in [7, 11) is -1.29. The Bertz CT molecular complexity index is 1290. The van der Waals surface area contributed by atoms with E-state index < -0.39 is 16.0 Å². The fraction of sp³-hybridized carbons (Fsp3) is 0.130. The highest BCUT2D eigenvalue weighted by Gasteiger charge is 2.21. The lowest BCUT2D eigenvalue weighted by molar-refractivity contribution is 0.0952. The molecular weight excluding hydrogens is 512 g/mol. The van der Waals surface area contributed by atoms with Gasteiger partial charge in [0.05, 0.1) is 26.0 Å². The van der Waals surface area contributed by atoms with E-state index in [1.807, 2.05) is 6.92 Å². The topological polar surface area (TPSA) is 103 Å². The van der Waals surface area contributed by atoms with Gasteiger partial charge >= 0.3 is 10.1 Å². The molecule has 172 valence electrons. The number of rotatable bonds is 8. The first kappa shape index (κ1) is 24.3. The molecule has 1 N–H and O–H groups in total. The number of hydrogen-bond donors (Lipinski definition) is 1. The maximum absolute atomic E-state index is 12.8. The Morgan fingerprint density at radius 3 is 2.36 bits per heavy atom. The molecule has 0 saturated carbocycles. The number of aryl methyl sites for hydroxylation is 1. The van der Waals surface area contributed by atoms with Gasteiger partial charge in [-0.1, -0.05) is 39.7 Å². The maximum Gasteiger partial charge on any atom is 0.339 e. The lowest BCUT2D eigenvalue weighted by atomic mass is 10.2. The number of hydrogen-bond acceptors (Lipinski definition) is 7. The van der Waals surface area contributed by atoms with Gasteiger partial charge in [-0.2, -0.15) is 13.5 Å². The number of nitrogens with one attached hydrogen (secondary N) is 1. The number of amides is 1. The predicted octanol–water partition coefficient (Wildman–Crippen LogP) is 4.31. The van der Waals surface area contributed by atoms with Gasteiger partial charge in [0, 0.05) is 10.0 Å². The average Bonchev–Trinajstić information content (AvgIpc) is 2.80. The van der Waals surface area contributed by atoms with Gasteiger partial charge in [0.2, 0.25) is 0 Å². The summed E-state index contributed by atoms with van der Waals surface area (Å²) in [6.07, 6.45) is 1.27. The minimum absolute atomic E-state index is 0.00283. The third-order valence-electron chi connectivity index (χ3n) is 4.51. The summed E-state index contributed by atoms with van der Waals surface area (Å²) in [5, 5.41) is 3.95. The molecule has 0 saturated heterocycles. The molecule has 0 aliphatic heterocycles. The highest BCUT2D eigenvalue weighted by Crippen LogP contribution is 2.33. The van der Waals surface area contributed by atoms with Crippen LogP contribution in [0.3, 0.4) is 0 Å². The Morgan fingerprint density at radius 1 is 1.00 bits per heavy atom. The van der Waals surface area contributed by atoms with Crippen molar-refractivity contribution in [3.05, 3.63) is 81.8 Å². The smallest absolute Gasteiger partial charge is 0.339 e. The molecule has 0 aliphatic rings. The number of benzene rings is 3. The van der Waals surface area contributed by atoms with Gasteiger partial charge in [0.1, 0.15) is 10.6 Å². The summed E-state index contributed by atoms with van der Waals surface area (Å²) in [6.45, 7) is 1.85. The molecule has 3 aromatic carbocycles. The first-order valence-corrected chi connectivity index (χ1v) is 11.8. The molecule has 33 heavy (non-hydrogen) atoms. The number of hydrazone groups is 1. The third-order valence-corrected chi connectivity index (χ3v) is 6.24. The van der Waals surface area contributed by atoms with Gasteiger partial charge in [0.15, 0.2) is 11.5 Å². The molecule has 3 rings (SSSR count). The fourth-order valence-electron chi connectivity index (χ4n) is 2.83. The van der Waals surface area contributed by atoms with Gasteiger partial charge in [0.25, 0.3) is 5.91 Å². The van der Waals surface area contributed by atoms with E-state index in [1.54, 1.807) is 48.5 Å². The number of carbonyl (C=O) groups is 1. The van der Waals surface area contributed by atoms with Gasteiger partial charge in [-0.25, -0.2) is 5.43 Å². The molecule has 0 fully saturated rings. The molecule has 0 radical (unpaired) electrons. The van der Waals surface area contributed by atoms with Crippen molar-refractivity contribution in [2.75, 3.05) is 14.2 Å². The summed E-state index contributed by atoms with van der Waals surface area (Å²) in [4.78, 5) is 12.5. The van der Waals surface area contributed by atoms with E-state index in [-0.39, 0.29) is 27.5 Å². The molecule has 0 unspecified atom stereocenters. The SMILES string of the molecule is COc1ccc(Br)cc1C(=O)N/N=C\c1cccc(OC)c1OS(=O)(=O)c1ccc(C)cc1. The third kappa shape index (κ3) is 5.91. The lowest BCUT2D eigenvalue weighted by Crippen LogP contribution is -2.18. The molecule has 1 amide bonds. The highest BCUT2D eigenvalue weighted by atomic mass is 79.9. The first-order valence-electron chi connectivity index (χ1n) is 9.60. The van der Waals surface area contributed by atoms with Crippen LogP contribution >= 0.6 is 15.9 Å². The minimum atomic E-state index is -4.13. The van der Waals surface area contributed by atoms with Crippen molar-refractivity contribution in [3.63, 3.8) is 0 Å². The Morgan fingerprint density at radius 2 is 1.70 bits per heavy atom. The average molecular weight is 533 g/mol.